The Morgan fingerprint density at radius 2 is 2.00 bits per heavy atom. The zero-order valence-electron chi connectivity index (χ0n) is 12.2. The van der Waals surface area contributed by atoms with E-state index in [0.717, 1.165) is 25.9 Å². The molecule has 0 saturated carbocycles. The van der Waals surface area contributed by atoms with E-state index in [1.54, 1.807) is 0 Å². The second kappa shape index (κ2) is 5.76. The van der Waals surface area contributed by atoms with Gasteiger partial charge in [0.05, 0.1) is 0 Å². The lowest BCUT2D eigenvalue weighted by Gasteiger charge is -2.17. The highest BCUT2D eigenvalue weighted by Gasteiger charge is 2.09. The maximum Gasteiger partial charge on any atom is 0.0481 e. The Labute approximate surface area is 115 Å². The molecule has 0 amide bonds. The highest BCUT2D eigenvalue weighted by Crippen LogP contribution is 2.19. The SMILES string of the molecule is Cn1cc(CNCCCC(C)(C)N)c2ccccc21. The number of rotatable bonds is 6. The zero-order valence-corrected chi connectivity index (χ0v) is 12.2. The molecule has 0 fully saturated rings. The fourth-order valence-corrected chi connectivity index (χ4v) is 2.46. The Morgan fingerprint density at radius 3 is 2.74 bits per heavy atom. The summed E-state index contributed by atoms with van der Waals surface area (Å²) in [4.78, 5) is 0. The van der Waals surface area contributed by atoms with Gasteiger partial charge >= 0.3 is 0 Å². The highest BCUT2D eigenvalue weighted by atomic mass is 14.9. The van der Waals surface area contributed by atoms with Crippen LogP contribution in [0.25, 0.3) is 10.9 Å². The van der Waals surface area contributed by atoms with E-state index in [1.807, 2.05) is 0 Å². The van der Waals surface area contributed by atoms with Gasteiger partial charge in [0.15, 0.2) is 0 Å². The molecule has 19 heavy (non-hydrogen) atoms. The number of fused-ring (bicyclic) bond motifs is 1. The van der Waals surface area contributed by atoms with Crippen molar-refractivity contribution < 1.29 is 0 Å². The monoisotopic (exact) mass is 259 g/mol. The van der Waals surface area contributed by atoms with Gasteiger partial charge in [-0.15, -0.1) is 0 Å². The molecule has 3 heteroatoms. The third kappa shape index (κ3) is 3.82. The molecule has 0 spiro atoms. The van der Waals surface area contributed by atoms with Gasteiger partial charge in [0, 0.05) is 36.2 Å². The maximum absolute atomic E-state index is 5.98. The number of benzene rings is 1. The van der Waals surface area contributed by atoms with Gasteiger partial charge in [-0.05, 0) is 44.9 Å². The summed E-state index contributed by atoms with van der Waals surface area (Å²) in [6.45, 7) is 6.10. The fraction of sp³-hybridized carbons (Fsp3) is 0.500. The van der Waals surface area contributed by atoms with Crippen molar-refractivity contribution in [3.8, 4) is 0 Å². The van der Waals surface area contributed by atoms with Gasteiger partial charge in [0.2, 0.25) is 0 Å². The number of hydrogen-bond acceptors (Lipinski definition) is 2. The van der Waals surface area contributed by atoms with Crippen LogP contribution in [0.5, 0.6) is 0 Å². The molecule has 0 atom stereocenters. The number of para-hydroxylation sites is 1. The van der Waals surface area contributed by atoms with E-state index in [-0.39, 0.29) is 5.54 Å². The summed E-state index contributed by atoms with van der Waals surface area (Å²) in [5.74, 6) is 0. The van der Waals surface area contributed by atoms with Crippen molar-refractivity contribution in [2.75, 3.05) is 6.54 Å². The third-order valence-electron chi connectivity index (χ3n) is 3.47. The lowest BCUT2D eigenvalue weighted by atomic mass is 10.0. The van der Waals surface area contributed by atoms with Crippen LogP contribution in [-0.4, -0.2) is 16.7 Å². The molecule has 2 rings (SSSR count). The minimum atomic E-state index is -0.0544. The topological polar surface area (TPSA) is 43.0 Å². The van der Waals surface area contributed by atoms with Crippen molar-refractivity contribution >= 4 is 10.9 Å². The number of aromatic nitrogens is 1. The molecule has 0 aliphatic rings. The number of nitrogens with zero attached hydrogens (tertiary/aromatic N) is 1. The molecule has 3 N–H and O–H groups in total. The number of hydrogen-bond donors (Lipinski definition) is 2. The summed E-state index contributed by atoms with van der Waals surface area (Å²) < 4.78 is 2.19. The third-order valence-corrected chi connectivity index (χ3v) is 3.47. The number of nitrogens with one attached hydrogen (secondary N) is 1. The van der Waals surface area contributed by atoms with Gasteiger partial charge in [-0.2, -0.15) is 0 Å². The largest absolute Gasteiger partial charge is 0.350 e. The molecule has 0 saturated heterocycles. The molecule has 104 valence electrons. The lowest BCUT2D eigenvalue weighted by Crippen LogP contribution is -2.32. The Balaban J connectivity index is 1.89. The van der Waals surface area contributed by atoms with Gasteiger partial charge in [-0.25, -0.2) is 0 Å². The summed E-state index contributed by atoms with van der Waals surface area (Å²) in [5.41, 5.74) is 8.58. The number of nitrogens with two attached hydrogens (primary N) is 1. The molecule has 1 heterocycles. The van der Waals surface area contributed by atoms with Gasteiger partial charge < -0.3 is 15.6 Å². The van der Waals surface area contributed by atoms with Gasteiger partial charge in [-0.1, -0.05) is 18.2 Å². The van der Waals surface area contributed by atoms with E-state index in [0.29, 0.717) is 0 Å². The van der Waals surface area contributed by atoms with E-state index < -0.39 is 0 Å². The van der Waals surface area contributed by atoms with E-state index in [2.05, 4.69) is 61.2 Å². The quantitative estimate of drug-likeness (QED) is 0.783. The first-order valence-corrected chi connectivity index (χ1v) is 7.00. The van der Waals surface area contributed by atoms with Gasteiger partial charge in [0.1, 0.15) is 0 Å². The Bertz CT molecular complexity index is 534. The van der Waals surface area contributed by atoms with E-state index >= 15 is 0 Å². The van der Waals surface area contributed by atoms with Crippen LogP contribution < -0.4 is 11.1 Å². The zero-order chi connectivity index (χ0) is 13.9. The molecular formula is C16H25N3. The maximum atomic E-state index is 5.98. The predicted octanol–water partition coefficient (Wildman–Crippen LogP) is 2.79. The van der Waals surface area contributed by atoms with E-state index in [4.69, 9.17) is 5.73 Å². The minimum absolute atomic E-state index is 0.0544. The first kappa shape index (κ1) is 14.1. The smallest absolute Gasteiger partial charge is 0.0481 e. The van der Waals surface area contributed by atoms with E-state index in [1.165, 1.54) is 16.5 Å². The van der Waals surface area contributed by atoms with Crippen LogP contribution in [0.1, 0.15) is 32.3 Å². The van der Waals surface area contributed by atoms with Gasteiger partial charge in [0.25, 0.3) is 0 Å². The van der Waals surface area contributed by atoms with Crippen molar-refractivity contribution in [1.29, 1.82) is 0 Å². The number of aryl methyl sites for hydroxylation is 1. The summed E-state index contributed by atoms with van der Waals surface area (Å²) in [7, 11) is 2.10. The van der Waals surface area contributed by atoms with Crippen molar-refractivity contribution in [2.45, 2.75) is 38.8 Å². The van der Waals surface area contributed by atoms with Crippen molar-refractivity contribution in [3.05, 3.63) is 36.0 Å². The van der Waals surface area contributed by atoms with Crippen LogP contribution in [0.3, 0.4) is 0 Å². The van der Waals surface area contributed by atoms with Crippen LogP contribution in [0.2, 0.25) is 0 Å². The first-order valence-electron chi connectivity index (χ1n) is 7.00. The fourth-order valence-electron chi connectivity index (χ4n) is 2.46. The average Bonchev–Trinajstić information content (AvgIpc) is 2.65. The summed E-state index contributed by atoms with van der Waals surface area (Å²) >= 11 is 0. The normalized spacial score (nSPS) is 12.2. The molecule has 0 aliphatic carbocycles. The first-order chi connectivity index (χ1) is 8.97. The second-order valence-corrected chi connectivity index (χ2v) is 6.05. The Hall–Kier alpha value is -1.32. The Kier molecular flexibility index (Phi) is 4.27. The average molecular weight is 259 g/mol. The molecule has 2 aromatic rings. The van der Waals surface area contributed by atoms with Gasteiger partial charge in [-0.3, -0.25) is 0 Å². The van der Waals surface area contributed by atoms with Crippen LogP contribution in [0.15, 0.2) is 30.5 Å². The second-order valence-electron chi connectivity index (χ2n) is 6.05. The molecule has 1 aromatic carbocycles. The van der Waals surface area contributed by atoms with Crippen molar-refractivity contribution in [2.24, 2.45) is 12.8 Å². The Morgan fingerprint density at radius 1 is 1.26 bits per heavy atom. The van der Waals surface area contributed by atoms with Crippen molar-refractivity contribution in [3.63, 3.8) is 0 Å². The summed E-state index contributed by atoms with van der Waals surface area (Å²) in [6, 6.07) is 8.54. The van der Waals surface area contributed by atoms with Crippen LogP contribution >= 0.6 is 0 Å². The van der Waals surface area contributed by atoms with Crippen LogP contribution in [-0.2, 0) is 13.6 Å². The highest BCUT2D eigenvalue weighted by molar-refractivity contribution is 5.83. The van der Waals surface area contributed by atoms with E-state index in [9.17, 15) is 0 Å². The molecule has 1 aromatic heterocycles. The minimum Gasteiger partial charge on any atom is -0.350 e. The molecule has 0 unspecified atom stereocenters. The molecular weight excluding hydrogens is 234 g/mol. The molecule has 0 bridgehead atoms. The van der Waals surface area contributed by atoms with Crippen LogP contribution in [0.4, 0.5) is 0 Å². The molecule has 0 radical (unpaired) electrons. The summed E-state index contributed by atoms with van der Waals surface area (Å²) in [6.07, 6.45) is 4.38. The predicted molar refractivity (Wildman–Crippen MR) is 82.1 cm³/mol. The molecule has 0 aliphatic heterocycles. The standard InChI is InChI=1S/C16H25N3/c1-16(2,17)9-6-10-18-11-13-12-19(3)15-8-5-4-7-14(13)15/h4-5,7-8,12,18H,6,9-11,17H2,1-3H3. The lowest BCUT2D eigenvalue weighted by molar-refractivity contribution is 0.448. The van der Waals surface area contributed by atoms with Crippen LogP contribution in [0, 0.1) is 0 Å². The molecule has 3 nitrogen and oxygen atoms in total. The summed E-state index contributed by atoms with van der Waals surface area (Å²) in [5, 5.41) is 4.85. The van der Waals surface area contributed by atoms with Crippen molar-refractivity contribution in [1.82, 2.24) is 9.88 Å².